The molecule has 172 valence electrons. The van der Waals surface area contributed by atoms with E-state index in [1.54, 1.807) is 0 Å². The fourth-order valence-electron chi connectivity index (χ4n) is 6.17. The highest BCUT2D eigenvalue weighted by atomic mass is 16.5. The maximum absolute atomic E-state index is 6.50. The average molecular weight is 471 g/mol. The summed E-state index contributed by atoms with van der Waals surface area (Å²) in [4.78, 5) is 2.46. The van der Waals surface area contributed by atoms with Crippen molar-refractivity contribution in [3.8, 4) is 22.6 Å². The molecule has 0 saturated heterocycles. The zero-order valence-electron chi connectivity index (χ0n) is 20.1. The van der Waals surface area contributed by atoms with Crippen LogP contribution in [-0.2, 0) is 0 Å². The summed E-state index contributed by atoms with van der Waals surface area (Å²) in [5.41, 5.74) is 9.73. The van der Waals surface area contributed by atoms with E-state index in [1.165, 1.54) is 55.3 Å². The van der Waals surface area contributed by atoms with Crippen molar-refractivity contribution in [3.05, 3.63) is 133 Å². The molecule has 2 aliphatic rings. The summed E-state index contributed by atoms with van der Waals surface area (Å²) in [5, 5.41) is 2.45. The predicted octanol–water partition coefficient (Wildman–Crippen LogP) is 6.91. The van der Waals surface area contributed by atoms with Gasteiger partial charge in [-0.25, -0.2) is 0 Å². The number of fused-ring (bicyclic) bond motifs is 5. The number of hydrogen-bond donors (Lipinski definition) is 0. The highest BCUT2D eigenvalue weighted by Crippen LogP contribution is 2.47. The molecule has 3 heteroatoms. The molecule has 0 radical (unpaired) electrons. The molecule has 0 amide bonds. The summed E-state index contributed by atoms with van der Waals surface area (Å²) in [5.74, 6) is 1.87. The van der Waals surface area contributed by atoms with Gasteiger partial charge in [0.25, 0.3) is 6.71 Å². The third-order valence-electron chi connectivity index (χ3n) is 7.72. The Morgan fingerprint density at radius 3 is 2.14 bits per heavy atom. The summed E-state index contributed by atoms with van der Waals surface area (Å²) >= 11 is 0. The van der Waals surface area contributed by atoms with Crippen LogP contribution in [0.15, 0.2) is 133 Å². The van der Waals surface area contributed by atoms with Gasteiger partial charge in [-0.3, -0.25) is 0 Å². The molecule has 6 aromatic rings. The van der Waals surface area contributed by atoms with Crippen molar-refractivity contribution < 1.29 is 4.74 Å². The first-order valence-corrected chi connectivity index (χ1v) is 12.7. The Bertz CT molecular complexity index is 1830. The van der Waals surface area contributed by atoms with Crippen molar-refractivity contribution in [2.24, 2.45) is 0 Å². The van der Waals surface area contributed by atoms with Gasteiger partial charge in [-0.05, 0) is 51.6 Å². The van der Waals surface area contributed by atoms with Gasteiger partial charge in [0.2, 0.25) is 0 Å². The van der Waals surface area contributed by atoms with Crippen LogP contribution in [-0.4, -0.2) is 6.71 Å². The number of para-hydroxylation sites is 2. The Morgan fingerprint density at radius 2 is 1.22 bits per heavy atom. The van der Waals surface area contributed by atoms with Gasteiger partial charge in [-0.2, -0.15) is 0 Å². The van der Waals surface area contributed by atoms with E-state index in [9.17, 15) is 0 Å². The lowest BCUT2D eigenvalue weighted by Gasteiger charge is -2.41. The molecule has 0 bridgehead atoms. The predicted molar refractivity (Wildman–Crippen MR) is 155 cm³/mol. The number of nitrogens with zero attached hydrogens (tertiary/aromatic N) is 1. The van der Waals surface area contributed by atoms with Crippen LogP contribution < -0.4 is 26.0 Å². The smallest absolute Gasteiger partial charge is 0.256 e. The second-order valence-corrected chi connectivity index (χ2v) is 9.70. The van der Waals surface area contributed by atoms with Crippen LogP contribution in [0.4, 0.5) is 17.1 Å². The Morgan fingerprint density at radius 1 is 0.514 bits per heavy atom. The Labute approximate surface area is 216 Å². The third kappa shape index (κ3) is 2.95. The maximum Gasteiger partial charge on any atom is 0.256 e. The zero-order valence-corrected chi connectivity index (χ0v) is 20.1. The minimum absolute atomic E-state index is 0.124. The summed E-state index contributed by atoms with van der Waals surface area (Å²) in [6.45, 7) is 0.124. The lowest BCUT2D eigenvalue weighted by atomic mass is 9.34. The van der Waals surface area contributed by atoms with Crippen molar-refractivity contribution in [2.75, 3.05) is 4.90 Å². The fourth-order valence-corrected chi connectivity index (χ4v) is 6.17. The van der Waals surface area contributed by atoms with Gasteiger partial charge >= 0.3 is 0 Å². The normalized spacial score (nSPS) is 13.0. The van der Waals surface area contributed by atoms with Gasteiger partial charge in [-0.15, -0.1) is 0 Å². The van der Waals surface area contributed by atoms with E-state index in [0.29, 0.717) is 0 Å². The topological polar surface area (TPSA) is 12.5 Å². The van der Waals surface area contributed by atoms with Crippen molar-refractivity contribution in [2.45, 2.75) is 0 Å². The lowest BCUT2D eigenvalue weighted by Crippen LogP contribution is -2.59. The van der Waals surface area contributed by atoms with Gasteiger partial charge in [0, 0.05) is 22.3 Å². The van der Waals surface area contributed by atoms with Crippen molar-refractivity contribution in [1.82, 2.24) is 0 Å². The monoisotopic (exact) mass is 471 g/mol. The second-order valence-electron chi connectivity index (χ2n) is 9.70. The summed E-state index contributed by atoms with van der Waals surface area (Å²) in [7, 11) is 0. The Hall–Kier alpha value is -4.76. The molecule has 8 rings (SSSR count). The van der Waals surface area contributed by atoms with E-state index in [4.69, 9.17) is 4.74 Å². The number of hydrogen-bond acceptors (Lipinski definition) is 2. The number of ether oxygens (including phenoxy) is 1. The van der Waals surface area contributed by atoms with Gasteiger partial charge in [0.1, 0.15) is 11.5 Å². The largest absolute Gasteiger partial charge is 0.458 e. The molecule has 2 nitrogen and oxygen atoms in total. The molecule has 0 atom stereocenters. The van der Waals surface area contributed by atoms with E-state index >= 15 is 0 Å². The molecule has 0 aliphatic carbocycles. The van der Waals surface area contributed by atoms with Crippen molar-refractivity contribution in [3.63, 3.8) is 0 Å². The van der Waals surface area contributed by atoms with Gasteiger partial charge in [0.05, 0.1) is 5.69 Å². The molecule has 6 aromatic carbocycles. The van der Waals surface area contributed by atoms with Crippen LogP contribution in [0.1, 0.15) is 0 Å². The number of benzene rings is 6. The first-order valence-electron chi connectivity index (χ1n) is 12.7. The standard InChI is InChI=1S/C34H22BNO/c1-2-11-23(12-3-1)26-22-21-24-13-4-5-14-25(24)34(26)36-29-17-8-6-15-27(29)35-28-16-7-9-19-31(28)37-32-20-10-18-30(36)33(32)35/h1-22H. The third-order valence-corrected chi connectivity index (χ3v) is 7.72. The quantitative estimate of drug-likeness (QED) is 0.254. The summed E-state index contributed by atoms with van der Waals surface area (Å²) in [6, 6.07) is 47.7. The summed E-state index contributed by atoms with van der Waals surface area (Å²) < 4.78 is 6.50. The van der Waals surface area contributed by atoms with Gasteiger partial charge in [-0.1, -0.05) is 109 Å². The van der Waals surface area contributed by atoms with Crippen LogP contribution in [0, 0.1) is 0 Å². The van der Waals surface area contributed by atoms with Crippen LogP contribution in [0.25, 0.3) is 21.9 Å². The van der Waals surface area contributed by atoms with Gasteiger partial charge < -0.3 is 9.64 Å². The van der Waals surface area contributed by atoms with Crippen LogP contribution in [0.2, 0.25) is 0 Å². The molecule has 2 heterocycles. The van der Waals surface area contributed by atoms with E-state index < -0.39 is 0 Å². The molecule has 0 aromatic heterocycles. The Balaban J connectivity index is 1.50. The molecule has 2 aliphatic heterocycles. The molecule has 0 fully saturated rings. The SMILES string of the molecule is c1ccc(-c2ccc3ccccc3c2N2c3ccccc3B3c4ccccc4Oc4cccc2c43)cc1. The van der Waals surface area contributed by atoms with E-state index in [0.717, 1.165) is 11.5 Å². The van der Waals surface area contributed by atoms with Crippen LogP contribution in [0.5, 0.6) is 11.5 Å². The highest BCUT2D eigenvalue weighted by molar-refractivity contribution is 6.99. The first kappa shape index (κ1) is 20.4. The Kier molecular flexibility index (Phi) is 4.35. The van der Waals surface area contributed by atoms with E-state index in [-0.39, 0.29) is 6.71 Å². The molecule has 0 N–H and O–H groups in total. The highest BCUT2D eigenvalue weighted by Gasteiger charge is 2.41. The maximum atomic E-state index is 6.50. The van der Waals surface area contributed by atoms with E-state index in [2.05, 4.69) is 138 Å². The molecule has 0 unspecified atom stereocenters. The van der Waals surface area contributed by atoms with Gasteiger partial charge in [0.15, 0.2) is 0 Å². The lowest BCUT2D eigenvalue weighted by molar-refractivity contribution is 0.487. The van der Waals surface area contributed by atoms with Crippen LogP contribution >= 0.6 is 0 Å². The number of anilines is 3. The second kappa shape index (κ2) is 7.87. The average Bonchev–Trinajstić information content (AvgIpc) is 2.97. The molecule has 37 heavy (non-hydrogen) atoms. The van der Waals surface area contributed by atoms with E-state index in [1.807, 2.05) is 0 Å². The number of rotatable bonds is 2. The van der Waals surface area contributed by atoms with Crippen molar-refractivity contribution in [1.29, 1.82) is 0 Å². The molecular weight excluding hydrogens is 449 g/mol. The zero-order chi connectivity index (χ0) is 24.3. The first-order chi connectivity index (χ1) is 18.4. The molecule has 0 saturated carbocycles. The van der Waals surface area contributed by atoms with Crippen LogP contribution in [0.3, 0.4) is 0 Å². The molecular formula is C34H22BNO. The van der Waals surface area contributed by atoms with Crippen molar-refractivity contribution >= 4 is 50.9 Å². The minimum atomic E-state index is 0.124. The summed E-state index contributed by atoms with van der Waals surface area (Å²) in [6.07, 6.45) is 0. The minimum Gasteiger partial charge on any atom is -0.458 e. The molecule has 0 spiro atoms. The fraction of sp³-hybridized carbons (Fsp3) is 0.